The van der Waals surface area contributed by atoms with E-state index in [1.54, 1.807) is 23.1 Å². The number of para-hydroxylation sites is 2. The van der Waals surface area contributed by atoms with Crippen LogP contribution in [-0.2, 0) is 5.75 Å². The number of rotatable bonds is 5. The molecule has 2 heterocycles. The van der Waals surface area contributed by atoms with Gasteiger partial charge in [-0.1, -0.05) is 35.2 Å². The molecule has 7 heteroatoms. The minimum absolute atomic E-state index is 0.662. The van der Waals surface area contributed by atoms with E-state index in [1.165, 1.54) is 0 Å². The first-order valence-electron chi connectivity index (χ1n) is 5.90. The van der Waals surface area contributed by atoms with Crippen molar-refractivity contribution in [2.75, 3.05) is 11.9 Å². The molecular weight excluding hydrogens is 280 g/mol. The molecular formula is C12H12N4OS2. The van der Waals surface area contributed by atoms with E-state index in [2.05, 4.69) is 20.5 Å². The van der Waals surface area contributed by atoms with Gasteiger partial charge in [0.05, 0.1) is 5.75 Å². The molecule has 5 nitrogen and oxygen atoms in total. The first kappa shape index (κ1) is 12.4. The molecule has 0 aliphatic heterocycles. The predicted octanol–water partition coefficient (Wildman–Crippen LogP) is 3.40. The first-order chi connectivity index (χ1) is 9.35. The van der Waals surface area contributed by atoms with Crippen LogP contribution < -0.4 is 5.32 Å². The second-order valence-corrected chi connectivity index (χ2v) is 5.97. The van der Waals surface area contributed by atoms with E-state index >= 15 is 0 Å². The minimum Gasteiger partial charge on any atom is -0.440 e. The number of thioether (sulfide) groups is 1. The third kappa shape index (κ3) is 2.87. The van der Waals surface area contributed by atoms with E-state index in [0.717, 1.165) is 27.1 Å². The Labute approximate surface area is 118 Å². The van der Waals surface area contributed by atoms with Crippen LogP contribution in [0.2, 0.25) is 0 Å². The maximum absolute atomic E-state index is 5.65. The summed E-state index contributed by atoms with van der Waals surface area (Å²) in [5.41, 5.74) is 1.72. The summed E-state index contributed by atoms with van der Waals surface area (Å²) in [6.07, 6.45) is 0. The highest BCUT2D eigenvalue weighted by Gasteiger charge is 2.08. The van der Waals surface area contributed by atoms with Crippen LogP contribution in [0.5, 0.6) is 0 Å². The average Bonchev–Trinajstić information content (AvgIpc) is 3.02. The molecule has 1 aromatic carbocycles. The number of nitrogens with one attached hydrogen (secondary N) is 1. The van der Waals surface area contributed by atoms with Crippen molar-refractivity contribution in [3.05, 3.63) is 30.2 Å². The van der Waals surface area contributed by atoms with Gasteiger partial charge in [0.15, 0.2) is 9.92 Å². The quantitative estimate of drug-likeness (QED) is 0.727. The zero-order valence-electron chi connectivity index (χ0n) is 10.3. The van der Waals surface area contributed by atoms with Crippen LogP contribution in [0.3, 0.4) is 0 Å². The van der Waals surface area contributed by atoms with Crippen molar-refractivity contribution in [3.8, 4) is 0 Å². The summed E-state index contributed by atoms with van der Waals surface area (Å²) in [5, 5.41) is 12.1. The van der Waals surface area contributed by atoms with Crippen LogP contribution in [0.25, 0.3) is 11.1 Å². The number of benzene rings is 1. The molecule has 3 rings (SSSR count). The molecule has 98 valence electrons. The van der Waals surface area contributed by atoms with Gasteiger partial charge in [0.1, 0.15) is 5.52 Å². The Morgan fingerprint density at radius 2 is 2.21 bits per heavy atom. The third-order valence-electron chi connectivity index (χ3n) is 2.39. The summed E-state index contributed by atoms with van der Waals surface area (Å²) >= 11 is 3.13. The zero-order valence-corrected chi connectivity index (χ0v) is 11.9. The molecule has 0 aliphatic rings. The van der Waals surface area contributed by atoms with Crippen molar-refractivity contribution in [2.45, 2.75) is 17.0 Å². The molecule has 0 amide bonds. The second kappa shape index (κ2) is 5.58. The number of aromatic nitrogens is 3. The van der Waals surface area contributed by atoms with E-state index in [4.69, 9.17) is 4.42 Å². The van der Waals surface area contributed by atoms with Gasteiger partial charge in [-0.25, -0.2) is 4.98 Å². The Bertz CT molecular complexity index is 646. The van der Waals surface area contributed by atoms with E-state index < -0.39 is 0 Å². The highest BCUT2D eigenvalue weighted by Crippen LogP contribution is 2.28. The number of hydrogen-bond donors (Lipinski definition) is 1. The van der Waals surface area contributed by atoms with Gasteiger partial charge in [-0.05, 0) is 19.1 Å². The third-order valence-corrected chi connectivity index (χ3v) is 4.39. The molecule has 0 fully saturated rings. The summed E-state index contributed by atoms with van der Waals surface area (Å²) in [4.78, 5) is 4.42. The van der Waals surface area contributed by atoms with Gasteiger partial charge in [0.25, 0.3) is 0 Å². The van der Waals surface area contributed by atoms with Crippen molar-refractivity contribution >= 4 is 39.3 Å². The molecule has 0 saturated heterocycles. The van der Waals surface area contributed by atoms with Gasteiger partial charge in [-0.15, -0.1) is 10.2 Å². The Kier molecular flexibility index (Phi) is 3.65. The molecule has 2 aromatic heterocycles. The van der Waals surface area contributed by atoms with E-state index in [-0.39, 0.29) is 0 Å². The van der Waals surface area contributed by atoms with Gasteiger partial charge in [-0.2, -0.15) is 0 Å². The van der Waals surface area contributed by atoms with E-state index in [0.29, 0.717) is 11.6 Å². The van der Waals surface area contributed by atoms with Gasteiger partial charge in [0, 0.05) is 6.54 Å². The lowest BCUT2D eigenvalue weighted by molar-refractivity contribution is 0.556. The molecule has 0 saturated carbocycles. The molecule has 19 heavy (non-hydrogen) atoms. The lowest BCUT2D eigenvalue weighted by Crippen LogP contribution is -1.94. The van der Waals surface area contributed by atoms with Crippen LogP contribution in [0.4, 0.5) is 5.13 Å². The topological polar surface area (TPSA) is 63.8 Å². The summed E-state index contributed by atoms with van der Waals surface area (Å²) in [6, 6.07) is 7.76. The zero-order chi connectivity index (χ0) is 13.1. The molecule has 3 aromatic rings. The first-order valence-corrected chi connectivity index (χ1v) is 7.70. The SMILES string of the molecule is CCNc1nnc(SCc2nc3ccccc3o2)s1. The van der Waals surface area contributed by atoms with Gasteiger partial charge < -0.3 is 9.73 Å². The average molecular weight is 292 g/mol. The van der Waals surface area contributed by atoms with Crippen LogP contribution in [-0.4, -0.2) is 21.7 Å². The maximum atomic E-state index is 5.65. The predicted molar refractivity (Wildman–Crippen MR) is 77.6 cm³/mol. The Balaban J connectivity index is 1.67. The minimum atomic E-state index is 0.662. The lowest BCUT2D eigenvalue weighted by Gasteiger charge is -1.92. The van der Waals surface area contributed by atoms with Crippen molar-refractivity contribution in [1.82, 2.24) is 15.2 Å². The van der Waals surface area contributed by atoms with Gasteiger partial charge in [0.2, 0.25) is 11.0 Å². The van der Waals surface area contributed by atoms with Gasteiger partial charge in [-0.3, -0.25) is 0 Å². The van der Waals surface area contributed by atoms with Gasteiger partial charge >= 0.3 is 0 Å². The highest BCUT2D eigenvalue weighted by molar-refractivity contribution is 8.00. The fourth-order valence-electron chi connectivity index (χ4n) is 1.60. The smallest absolute Gasteiger partial charge is 0.206 e. The molecule has 0 unspecified atom stereocenters. The van der Waals surface area contributed by atoms with Crippen molar-refractivity contribution in [1.29, 1.82) is 0 Å². The van der Waals surface area contributed by atoms with Crippen LogP contribution in [0, 0.1) is 0 Å². The molecule has 0 aliphatic carbocycles. The molecule has 0 bridgehead atoms. The molecule has 0 radical (unpaired) electrons. The second-order valence-electron chi connectivity index (χ2n) is 3.77. The fraction of sp³-hybridized carbons (Fsp3) is 0.250. The largest absolute Gasteiger partial charge is 0.440 e. The Morgan fingerprint density at radius 3 is 3.05 bits per heavy atom. The van der Waals surface area contributed by atoms with Crippen LogP contribution in [0.1, 0.15) is 12.8 Å². The number of anilines is 1. The van der Waals surface area contributed by atoms with E-state index in [1.807, 2.05) is 31.2 Å². The normalized spacial score (nSPS) is 11.0. The summed E-state index contributed by atoms with van der Waals surface area (Å²) < 4.78 is 6.57. The van der Waals surface area contributed by atoms with Crippen LogP contribution >= 0.6 is 23.1 Å². The standard InChI is InChI=1S/C12H12N4OS2/c1-2-13-11-15-16-12(19-11)18-7-10-14-8-5-3-4-6-9(8)17-10/h3-6H,2,7H2,1H3,(H,13,15). The number of fused-ring (bicyclic) bond motifs is 1. The Hall–Kier alpha value is -1.60. The van der Waals surface area contributed by atoms with Crippen molar-refractivity contribution in [2.24, 2.45) is 0 Å². The summed E-state index contributed by atoms with van der Waals surface area (Å²) in [5.74, 6) is 1.38. The van der Waals surface area contributed by atoms with Crippen molar-refractivity contribution < 1.29 is 4.42 Å². The lowest BCUT2D eigenvalue weighted by atomic mass is 10.3. The van der Waals surface area contributed by atoms with E-state index in [9.17, 15) is 0 Å². The Morgan fingerprint density at radius 1 is 1.32 bits per heavy atom. The summed E-state index contributed by atoms with van der Waals surface area (Å²) in [7, 11) is 0. The summed E-state index contributed by atoms with van der Waals surface area (Å²) in [6.45, 7) is 2.89. The number of hydrogen-bond acceptors (Lipinski definition) is 7. The molecule has 0 atom stereocenters. The maximum Gasteiger partial charge on any atom is 0.206 e. The molecule has 0 spiro atoms. The van der Waals surface area contributed by atoms with Crippen molar-refractivity contribution in [3.63, 3.8) is 0 Å². The van der Waals surface area contributed by atoms with Crippen LogP contribution in [0.15, 0.2) is 33.0 Å². The number of nitrogens with zero attached hydrogens (tertiary/aromatic N) is 3. The highest BCUT2D eigenvalue weighted by atomic mass is 32.2. The fourth-order valence-corrected chi connectivity index (χ4v) is 3.26. The monoisotopic (exact) mass is 292 g/mol. The molecule has 1 N–H and O–H groups in total. The number of oxazole rings is 1.